The molecule has 0 amide bonds. The normalized spacial score (nSPS) is 22.6. The summed E-state index contributed by atoms with van der Waals surface area (Å²) in [6.07, 6.45) is 1.99. The molecule has 1 unspecified atom stereocenters. The van der Waals surface area contributed by atoms with Crippen molar-refractivity contribution in [2.45, 2.75) is 12.5 Å². The molecule has 0 aromatic carbocycles. The molecular weight excluding hydrogens is 285 g/mol. The first-order chi connectivity index (χ1) is 7.89. The van der Waals surface area contributed by atoms with Crippen LogP contribution >= 0.6 is 23.2 Å². The van der Waals surface area contributed by atoms with Crippen molar-refractivity contribution < 1.29 is 8.42 Å². The molecule has 0 bridgehead atoms. The third-order valence-electron chi connectivity index (χ3n) is 2.79. The second kappa shape index (κ2) is 4.59. The number of hydrogen-bond donors (Lipinski definition) is 0. The van der Waals surface area contributed by atoms with Crippen LogP contribution in [0.4, 0.5) is 5.82 Å². The molecule has 1 atom stereocenters. The minimum atomic E-state index is -2.93. The molecule has 5 nitrogen and oxygen atoms in total. The monoisotopic (exact) mass is 295 g/mol. The molecule has 0 radical (unpaired) electrons. The quantitative estimate of drug-likeness (QED) is 0.772. The second-order valence-electron chi connectivity index (χ2n) is 3.98. The smallest absolute Gasteiger partial charge is 0.224 e. The summed E-state index contributed by atoms with van der Waals surface area (Å²) >= 11 is 11.7. The number of rotatable bonds is 2. The van der Waals surface area contributed by atoms with Crippen molar-refractivity contribution >= 4 is 38.9 Å². The highest BCUT2D eigenvalue weighted by molar-refractivity contribution is 7.91. The Morgan fingerprint density at radius 2 is 2.18 bits per heavy atom. The molecule has 0 spiro atoms. The first-order valence-corrected chi connectivity index (χ1v) is 7.58. The lowest BCUT2D eigenvalue weighted by molar-refractivity contribution is 0.600. The highest BCUT2D eigenvalue weighted by Gasteiger charge is 2.32. The molecule has 1 saturated heterocycles. The number of sulfone groups is 1. The highest BCUT2D eigenvalue weighted by Crippen LogP contribution is 2.27. The Morgan fingerprint density at radius 1 is 1.47 bits per heavy atom. The van der Waals surface area contributed by atoms with E-state index in [0.717, 1.165) is 0 Å². The Kier molecular flexibility index (Phi) is 3.47. The fourth-order valence-electron chi connectivity index (χ4n) is 1.84. The SMILES string of the molecule is CN(c1nc(Cl)ncc1Cl)C1CCS(=O)(=O)C1. The maximum absolute atomic E-state index is 11.4. The molecule has 0 N–H and O–H groups in total. The van der Waals surface area contributed by atoms with Crippen molar-refractivity contribution in [2.24, 2.45) is 0 Å². The van der Waals surface area contributed by atoms with Gasteiger partial charge in [-0.15, -0.1) is 0 Å². The molecule has 1 aliphatic rings. The third kappa shape index (κ3) is 2.81. The number of hydrogen-bond acceptors (Lipinski definition) is 5. The average molecular weight is 296 g/mol. The van der Waals surface area contributed by atoms with Crippen molar-refractivity contribution in [3.8, 4) is 0 Å². The zero-order chi connectivity index (χ0) is 12.6. The van der Waals surface area contributed by atoms with E-state index < -0.39 is 9.84 Å². The van der Waals surface area contributed by atoms with Crippen LogP contribution < -0.4 is 4.90 Å². The van der Waals surface area contributed by atoms with E-state index in [1.54, 1.807) is 11.9 Å². The van der Waals surface area contributed by atoms with E-state index >= 15 is 0 Å². The summed E-state index contributed by atoms with van der Waals surface area (Å²) in [4.78, 5) is 9.52. The van der Waals surface area contributed by atoms with Crippen LogP contribution in [0.15, 0.2) is 6.20 Å². The molecule has 1 fully saturated rings. The Labute approximate surface area is 110 Å². The number of nitrogens with zero attached hydrogens (tertiary/aromatic N) is 3. The summed E-state index contributed by atoms with van der Waals surface area (Å²) < 4.78 is 22.8. The summed E-state index contributed by atoms with van der Waals surface area (Å²) in [6, 6.07) is -0.108. The zero-order valence-corrected chi connectivity index (χ0v) is 11.4. The minimum Gasteiger partial charge on any atom is -0.354 e. The van der Waals surface area contributed by atoms with Gasteiger partial charge in [0.25, 0.3) is 0 Å². The van der Waals surface area contributed by atoms with E-state index in [2.05, 4.69) is 9.97 Å². The van der Waals surface area contributed by atoms with Gasteiger partial charge in [-0.25, -0.2) is 13.4 Å². The van der Waals surface area contributed by atoms with Gasteiger partial charge >= 0.3 is 0 Å². The average Bonchev–Trinajstić information content (AvgIpc) is 2.61. The zero-order valence-electron chi connectivity index (χ0n) is 9.10. The van der Waals surface area contributed by atoms with Crippen molar-refractivity contribution in [3.63, 3.8) is 0 Å². The number of aromatic nitrogens is 2. The number of anilines is 1. The van der Waals surface area contributed by atoms with Gasteiger partial charge in [0.1, 0.15) is 5.02 Å². The lowest BCUT2D eigenvalue weighted by Gasteiger charge is -2.25. The van der Waals surface area contributed by atoms with Crippen LogP contribution in [0.1, 0.15) is 6.42 Å². The molecule has 8 heteroatoms. The van der Waals surface area contributed by atoms with Crippen LogP contribution in [0.25, 0.3) is 0 Å². The van der Waals surface area contributed by atoms with Gasteiger partial charge in [0.05, 0.1) is 17.7 Å². The van der Waals surface area contributed by atoms with Gasteiger partial charge in [0, 0.05) is 13.1 Å². The van der Waals surface area contributed by atoms with E-state index in [1.807, 2.05) is 0 Å². The molecule has 0 saturated carbocycles. The van der Waals surface area contributed by atoms with Crippen molar-refractivity contribution in [2.75, 3.05) is 23.5 Å². The van der Waals surface area contributed by atoms with Gasteiger partial charge in [0.15, 0.2) is 15.7 Å². The predicted octanol–water partition coefficient (Wildman–Crippen LogP) is 1.41. The lowest BCUT2D eigenvalue weighted by Crippen LogP contribution is -2.33. The maximum atomic E-state index is 11.4. The molecule has 0 aliphatic carbocycles. The fourth-order valence-corrected chi connectivity index (χ4v) is 3.97. The van der Waals surface area contributed by atoms with Crippen LogP contribution in [-0.2, 0) is 9.84 Å². The summed E-state index contributed by atoms with van der Waals surface area (Å²) in [6.45, 7) is 0. The standard InChI is InChI=1S/C9H11Cl2N3O2S/c1-14(6-2-3-17(15,16)5-6)8-7(10)4-12-9(11)13-8/h4,6H,2-3,5H2,1H3. The highest BCUT2D eigenvalue weighted by atomic mass is 35.5. The van der Waals surface area contributed by atoms with Gasteiger partial charge in [0.2, 0.25) is 5.28 Å². The van der Waals surface area contributed by atoms with Crippen molar-refractivity contribution in [1.29, 1.82) is 0 Å². The van der Waals surface area contributed by atoms with E-state index in [0.29, 0.717) is 17.3 Å². The molecule has 2 heterocycles. The van der Waals surface area contributed by atoms with Gasteiger partial charge < -0.3 is 4.90 Å². The fraction of sp³-hybridized carbons (Fsp3) is 0.556. The molecule has 2 rings (SSSR count). The summed E-state index contributed by atoms with van der Waals surface area (Å²) in [5, 5.41) is 0.457. The number of halogens is 2. The molecular formula is C9H11Cl2N3O2S. The first-order valence-electron chi connectivity index (χ1n) is 5.00. The molecule has 1 aliphatic heterocycles. The van der Waals surface area contributed by atoms with Gasteiger partial charge in [-0.2, -0.15) is 4.98 Å². The Hall–Kier alpha value is -0.590. The van der Waals surface area contributed by atoms with Crippen molar-refractivity contribution in [1.82, 2.24) is 9.97 Å². The Bertz CT molecular complexity index is 535. The van der Waals surface area contributed by atoms with E-state index in [-0.39, 0.29) is 22.8 Å². The van der Waals surface area contributed by atoms with E-state index in [9.17, 15) is 8.42 Å². The predicted molar refractivity (Wildman–Crippen MR) is 67.5 cm³/mol. The van der Waals surface area contributed by atoms with E-state index in [1.165, 1.54) is 6.20 Å². The first kappa shape index (κ1) is 12.9. The van der Waals surface area contributed by atoms with Crippen LogP contribution in [0.2, 0.25) is 10.3 Å². The topological polar surface area (TPSA) is 63.2 Å². The summed E-state index contributed by atoms with van der Waals surface area (Å²) in [7, 11) is -1.17. The summed E-state index contributed by atoms with van der Waals surface area (Å²) in [5.41, 5.74) is 0. The molecule has 1 aromatic rings. The Balaban J connectivity index is 2.26. The third-order valence-corrected chi connectivity index (χ3v) is 4.99. The maximum Gasteiger partial charge on any atom is 0.224 e. The second-order valence-corrected chi connectivity index (χ2v) is 6.95. The summed E-state index contributed by atoms with van der Waals surface area (Å²) in [5.74, 6) is 0.800. The largest absolute Gasteiger partial charge is 0.354 e. The van der Waals surface area contributed by atoms with Gasteiger partial charge in [-0.05, 0) is 18.0 Å². The molecule has 17 heavy (non-hydrogen) atoms. The molecule has 94 valence electrons. The minimum absolute atomic E-state index is 0.0945. The lowest BCUT2D eigenvalue weighted by atomic mass is 10.2. The van der Waals surface area contributed by atoms with Crippen LogP contribution in [0.5, 0.6) is 0 Å². The van der Waals surface area contributed by atoms with E-state index in [4.69, 9.17) is 23.2 Å². The van der Waals surface area contributed by atoms with Crippen LogP contribution in [0.3, 0.4) is 0 Å². The van der Waals surface area contributed by atoms with Gasteiger partial charge in [-0.1, -0.05) is 11.6 Å². The van der Waals surface area contributed by atoms with Gasteiger partial charge in [-0.3, -0.25) is 0 Å². The Morgan fingerprint density at radius 3 is 2.76 bits per heavy atom. The van der Waals surface area contributed by atoms with Crippen molar-refractivity contribution in [3.05, 3.63) is 16.5 Å². The van der Waals surface area contributed by atoms with Crippen LogP contribution in [-0.4, -0.2) is 43.0 Å². The molecule has 1 aromatic heterocycles. The van der Waals surface area contributed by atoms with Crippen LogP contribution in [0, 0.1) is 0 Å².